The van der Waals surface area contributed by atoms with Crippen molar-refractivity contribution in [1.82, 2.24) is 15.3 Å². The first kappa shape index (κ1) is 12.1. The zero-order chi connectivity index (χ0) is 12.1. The third kappa shape index (κ3) is 2.52. The summed E-state index contributed by atoms with van der Waals surface area (Å²) in [4.78, 5) is 19.0. The van der Waals surface area contributed by atoms with Crippen LogP contribution in [0.5, 0.6) is 0 Å². The van der Waals surface area contributed by atoms with Crippen LogP contribution < -0.4 is 16.4 Å². The molecule has 1 amide bonds. The summed E-state index contributed by atoms with van der Waals surface area (Å²) in [6.45, 7) is 0.243. The summed E-state index contributed by atoms with van der Waals surface area (Å²) in [5.41, 5.74) is 5.54. The van der Waals surface area contributed by atoms with Gasteiger partial charge in [0.25, 0.3) is 5.91 Å². The third-order valence-electron chi connectivity index (χ3n) is 1.68. The number of carbonyl (C=O) groups excluding carboxylic acids is 1. The molecule has 0 saturated carbocycles. The van der Waals surface area contributed by atoms with Crippen LogP contribution in [0.4, 0.5) is 11.6 Å². The van der Waals surface area contributed by atoms with Crippen LogP contribution in [0.3, 0.4) is 0 Å². The van der Waals surface area contributed by atoms with Crippen molar-refractivity contribution in [3.05, 3.63) is 10.8 Å². The van der Waals surface area contributed by atoms with Crippen molar-refractivity contribution in [3.8, 4) is 12.3 Å². The average molecular weight is 240 g/mol. The molecule has 7 heteroatoms. The fourth-order valence-electron chi connectivity index (χ4n) is 0.961. The first-order chi connectivity index (χ1) is 7.60. The molecule has 6 nitrogen and oxygen atoms in total. The molecule has 16 heavy (non-hydrogen) atoms. The summed E-state index contributed by atoms with van der Waals surface area (Å²) in [6, 6.07) is 0. The summed E-state index contributed by atoms with van der Waals surface area (Å²) in [5, 5.41) is 5.16. The van der Waals surface area contributed by atoms with E-state index >= 15 is 0 Å². The quantitative estimate of drug-likeness (QED) is 0.652. The molecule has 4 N–H and O–H groups in total. The molecule has 0 saturated heterocycles. The number of nitrogen functional groups attached to an aromatic ring is 1. The second-order valence-corrected chi connectivity index (χ2v) is 3.09. The zero-order valence-electron chi connectivity index (χ0n) is 8.54. The van der Waals surface area contributed by atoms with Gasteiger partial charge in [-0.1, -0.05) is 17.5 Å². The number of carbonyl (C=O) groups is 1. The van der Waals surface area contributed by atoms with Crippen molar-refractivity contribution < 1.29 is 4.79 Å². The van der Waals surface area contributed by atoms with E-state index < -0.39 is 5.91 Å². The van der Waals surface area contributed by atoms with Gasteiger partial charge in [-0.3, -0.25) is 4.79 Å². The standard InChI is InChI=1S/C9H10ClN5O/c1-3-4-13-8-6(10)14-5(7(11)15-8)9(16)12-2/h1H,4H2,2H3,(H,12,16)(H3,11,13,15). The highest BCUT2D eigenvalue weighted by Crippen LogP contribution is 2.19. The number of aromatic nitrogens is 2. The summed E-state index contributed by atoms with van der Waals surface area (Å²) < 4.78 is 0. The minimum atomic E-state index is -0.449. The van der Waals surface area contributed by atoms with Gasteiger partial charge in [0.05, 0.1) is 6.54 Å². The molecular formula is C9H10ClN5O. The van der Waals surface area contributed by atoms with Crippen LogP contribution >= 0.6 is 11.6 Å². The van der Waals surface area contributed by atoms with Gasteiger partial charge in [0.2, 0.25) is 0 Å². The van der Waals surface area contributed by atoms with E-state index in [1.807, 2.05) is 0 Å². The Kier molecular flexibility index (Phi) is 3.91. The Morgan fingerprint density at radius 1 is 1.62 bits per heavy atom. The van der Waals surface area contributed by atoms with E-state index in [0.717, 1.165) is 0 Å². The third-order valence-corrected chi connectivity index (χ3v) is 1.94. The zero-order valence-corrected chi connectivity index (χ0v) is 9.30. The van der Waals surface area contributed by atoms with Gasteiger partial charge in [0.1, 0.15) is 0 Å². The van der Waals surface area contributed by atoms with Gasteiger partial charge in [-0.15, -0.1) is 6.42 Å². The molecule has 0 spiro atoms. The van der Waals surface area contributed by atoms with E-state index in [1.165, 1.54) is 7.05 Å². The van der Waals surface area contributed by atoms with E-state index in [0.29, 0.717) is 0 Å². The molecule has 1 heterocycles. The lowest BCUT2D eigenvalue weighted by Gasteiger charge is -2.07. The smallest absolute Gasteiger partial charge is 0.273 e. The minimum Gasteiger partial charge on any atom is -0.382 e. The van der Waals surface area contributed by atoms with Crippen molar-refractivity contribution in [3.63, 3.8) is 0 Å². The molecule has 0 atom stereocenters. The molecule has 0 aliphatic heterocycles. The molecule has 0 fully saturated rings. The van der Waals surface area contributed by atoms with Gasteiger partial charge >= 0.3 is 0 Å². The number of nitrogens with two attached hydrogens (primary N) is 1. The number of terminal acetylenes is 1. The lowest BCUT2D eigenvalue weighted by atomic mass is 10.4. The van der Waals surface area contributed by atoms with E-state index in [1.54, 1.807) is 0 Å². The highest BCUT2D eigenvalue weighted by molar-refractivity contribution is 6.32. The van der Waals surface area contributed by atoms with Crippen LogP contribution in [0.25, 0.3) is 0 Å². The van der Waals surface area contributed by atoms with Gasteiger partial charge in [-0.2, -0.15) is 0 Å². The number of hydrogen-bond acceptors (Lipinski definition) is 5. The first-order valence-corrected chi connectivity index (χ1v) is 4.70. The van der Waals surface area contributed by atoms with Crippen molar-refractivity contribution in [2.75, 3.05) is 24.6 Å². The molecule has 0 aromatic carbocycles. The van der Waals surface area contributed by atoms with E-state index in [9.17, 15) is 4.79 Å². The fraction of sp³-hybridized carbons (Fsp3) is 0.222. The Hall–Kier alpha value is -2.00. The monoisotopic (exact) mass is 239 g/mol. The lowest BCUT2D eigenvalue weighted by Crippen LogP contribution is -2.22. The summed E-state index contributed by atoms with van der Waals surface area (Å²) in [7, 11) is 1.46. The second-order valence-electron chi connectivity index (χ2n) is 2.73. The van der Waals surface area contributed by atoms with Crippen molar-refractivity contribution in [2.24, 2.45) is 0 Å². The molecule has 0 unspecified atom stereocenters. The molecule has 1 aromatic rings. The normalized spacial score (nSPS) is 9.31. The Bertz CT molecular complexity index is 454. The Balaban J connectivity index is 3.07. The Morgan fingerprint density at radius 2 is 2.31 bits per heavy atom. The van der Waals surface area contributed by atoms with Crippen LogP contribution in [0.2, 0.25) is 5.15 Å². The minimum absolute atomic E-state index is 0.0109. The predicted octanol–water partition coefficient (Wildman–Crippen LogP) is 0.117. The van der Waals surface area contributed by atoms with Crippen molar-refractivity contribution >= 4 is 29.1 Å². The topological polar surface area (TPSA) is 92.9 Å². The van der Waals surface area contributed by atoms with Gasteiger partial charge in [-0.05, 0) is 0 Å². The van der Waals surface area contributed by atoms with E-state index in [-0.39, 0.29) is 29.0 Å². The first-order valence-electron chi connectivity index (χ1n) is 4.32. The molecule has 0 aliphatic carbocycles. The number of nitrogens with zero attached hydrogens (tertiary/aromatic N) is 2. The molecule has 0 bridgehead atoms. The number of hydrogen-bond donors (Lipinski definition) is 3. The fourth-order valence-corrected chi connectivity index (χ4v) is 1.15. The summed E-state index contributed by atoms with van der Waals surface area (Å²) in [6.07, 6.45) is 5.07. The molecular weight excluding hydrogens is 230 g/mol. The van der Waals surface area contributed by atoms with Gasteiger partial charge in [0, 0.05) is 7.05 Å². The van der Waals surface area contributed by atoms with Crippen LogP contribution in [0, 0.1) is 12.3 Å². The van der Waals surface area contributed by atoms with Crippen LogP contribution in [0.1, 0.15) is 10.5 Å². The Labute approximate surface area is 97.6 Å². The maximum Gasteiger partial charge on any atom is 0.273 e. The molecule has 0 aliphatic rings. The highest BCUT2D eigenvalue weighted by Gasteiger charge is 2.15. The largest absolute Gasteiger partial charge is 0.382 e. The number of halogens is 1. The maximum atomic E-state index is 11.3. The maximum absolute atomic E-state index is 11.3. The van der Waals surface area contributed by atoms with Gasteiger partial charge in [-0.25, -0.2) is 9.97 Å². The van der Waals surface area contributed by atoms with Crippen LogP contribution in [-0.4, -0.2) is 29.5 Å². The van der Waals surface area contributed by atoms with Crippen LogP contribution in [-0.2, 0) is 0 Å². The highest BCUT2D eigenvalue weighted by atomic mass is 35.5. The van der Waals surface area contributed by atoms with Crippen LogP contribution in [0.15, 0.2) is 0 Å². The van der Waals surface area contributed by atoms with Gasteiger partial charge < -0.3 is 16.4 Å². The summed E-state index contributed by atoms with van der Waals surface area (Å²) in [5.74, 6) is 2.15. The molecule has 1 aromatic heterocycles. The number of anilines is 2. The molecule has 0 radical (unpaired) electrons. The SMILES string of the molecule is C#CCNc1nc(N)c(C(=O)NC)nc1Cl. The summed E-state index contributed by atoms with van der Waals surface area (Å²) >= 11 is 5.80. The van der Waals surface area contributed by atoms with E-state index in [2.05, 4.69) is 26.5 Å². The number of amides is 1. The number of rotatable bonds is 3. The van der Waals surface area contributed by atoms with Crippen molar-refractivity contribution in [2.45, 2.75) is 0 Å². The molecule has 84 valence electrons. The lowest BCUT2D eigenvalue weighted by molar-refractivity contribution is 0.0959. The number of nitrogens with one attached hydrogen (secondary N) is 2. The second kappa shape index (κ2) is 5.19. The van der Waals surface area contributed by atoms with E-state index in [4.69, 9.17) is 23.8 Å². The molecule has 1 rings (SSSR count). The average Bonchev–Trinajstić information content (AvgIpc) is 2.28. The van der Waals surface area contributed by atoms with Crippen molar-refractivity contribution in [1.29, 1.82) is 0 Å². The Morgan fingerprint density at radius 3 is 2.88 bits per heavy atom. The predicted molar refractivity (Wildman–Crippen MR) is 62.2 cm³/mol. The van der Waals surface area contributed by atoms with Gasteiger partial charge in [0.15, 0.2) is 22.5 Å².